The van der Waals surface area contributed by atoms with E-state index in [0.29, 0.717) is 19.3 Å². The highest BCUT2D eigenvalue weighted by Crippen LogP contribution is 2.16. The number of hydrogen-bond donors (Lipinski definition) is 0. The first kappa shape index (κ1) is 50.4. The molecule has 0 aromatic carbocycles. The van der Waals surface area contributed by atoms with Crippen molar-refractivity contribution in [1.29, 1.82) is 0 Å². The average Bonchev–Trinajstić information content (AvgIpc) is 3.12. The van der Waals surface area contributed by atoms with E-state index in [1.807, 2.05) is 0 Å². The van der Waals surface area contributed by atoms with Crippen LogP contribution in [0.1, 0.15) is 252 Å². The van der Waals surface area contributed by atoms with Gasteiger partial charge in [0.1, 0.15) is 13.2 Å². The van der Waals surface area contributed by atoms with Crippen molar-refractivity contribution in [3.63, 3.8) is 0 Å². The SMILES string of the molecule is CCCCCCCCCCCCCCCC(=O)O[C@H](COC(=O)CCCCCCCCCCCCC)COC(=O)CCCCCCCCCC(C)C. The monoisotopic (exact) mass is 737 g/mol. The molecular formula is C46H88O6. The van der Waals surface area contributed by atoms with E-state index in [0.717, 1.165) is 63.7 Å². The fourth-order valence-electron chi connectivity index (χ4n) is 6.80. The molecule has 0 radical (unpaired) electrons. The zero-order valence-corrected chi connectivity index (χ0v) is 35.3. The highest BCUT2D eigenvalue weighted by molar-refractivity contribution is 5.71. The predicted octanol–water partition coefficient (Wildman–Crippen LogP) is 14.3. The lowest BCUT2D eigenvalue weighted by Gasteiger charge is -2.18. The largest absolute Gasteiger partial charge is 0.462 e. The molecule has 0 fully saturated rings. The topological polar surface area (TPSA) is 78.9 Å². The molecule has 308 valence electrons. The summed E-state index contributed by atoms with van der Waals surface area (Å²) in [5, 5.41) is 0. The second kappa shape index (κ2) is 40.6. The Morgan fingerprint density at radius 1 is 0.365 bits per heavy atom. The van der Waals surface area contributed by atoms with Gasteiger partial charge in [0.05, 0.1) is 0 Å². The van der Waals surface area contributed by atoms with Gasteiger partial charge in [-0.25, -0.2) is 0 Å². The van der Waals surface area contributed by atoms with Gasteiger partial charge in [0.15, 0.2) is 6.10 Å². The van der Waals surface area contributed by atoms with Crippen LogP contribution in [0.2, 0.25) is 0 Å². The van der Waals surface area contributed by atoms with Gasteiger partial charge in [0.25, 0.3) is 0 Å². The quantitative estimate of drug-likeness (QED) is 0.0353. The number of carbonyl (C=O) groups is 3. The smallest absolute Gasteiger partial charge is 0.306 e. The maximum absolute atomic E-state index is 12.7. The Bertz CT molecular complexity index is 781. The van der Waals surface area contributed by atoms with Gasteiger partial charge in [-0.15, -0.1) is 0 Å². The lowest BCUT2D eigenvalue weighted by atomic mass is 10.0. The molecule has 0 aliphatic carbocycles. The van der Waals surface area contributed by atoms with Crippen molar-refractivity contribution in [3.8, 4) is 0 Å². The fraction of sp³-hybridized carbons (Fsp3) is 0.935. The normalized spacial score (nSPS) is 11.9. The van der Waals surface area contributed by atoms with Crippen LogP contribution in [0.4, 0.5) is 0 Å². The van der Waals surface area contributed by atoms with Crippen LogP contribution >= 0.6 is 0 Å². The van der Waals surface area contributed by atoms with Crippen molar-refractivity contribution in [2.75, 3.05) is 13.2 Å². The molecule has 6 heteroatoms. The molecule has 0 heterocycles. The van der Waals surface area contributed by atoms with Gasteiger partial charge in [-0.3, -0.25) is 14.4 Å². The van der Waals surface area contributed by atoms with Crippen LogP contribution in [-0.4, -0.2) is 37.2 Å². The Kier molecular flexibility index (Phi) is 39.4. The molecule has 0 aliphatic rings. The number of rotatable bonds is 41. The van der Waals surface area contributed by atoms with Crippen molar-refractivity contribution in [3.05, 3.63) is 0 Å². The van der Waals surface area contributed by atoms with Crippen LogP contribution in [0.5, 0.6) is 0 Å². The lowest BCUT2D eigenvalue weighted by molar-refractivity contribution is -0.167. The van der Waals surface area contributed by atoms with E-state index in [-0.39, 0.29) is 31.1 Å². The molecule has 0 aromatic rings. The van der Waals surface area contributed by atoms with Gasteiger partial charge < -0.3 is 14.2 Å². The van der Waals surface area contributed by atoms with E-state index < -0.39 is 6.10 Å². The van der Waals surface area contributed by atoms with Gasteiger partial charge in [-0.1, -0.05) is 214 Å². The van der Waals surface area contributed by atoms with Gasteiger partial charge >= 0.3 is 17.9 Å². The molecule has 0 aliphatic heterocycles. The second-order valence-corrected chi connectivity index (χ2v) is 16.2. The molecule has 0 spiro atoms. The van der Waals surface area contributed by atoms with E-state index in [1.165, 1.54) is 148 Å². The summed E-state index contributed by atoms with van der Waals surface area (Å²) < 4.78 is 16.7. The Labute approximate surface area is 323 Å². The van der Waals surface area contributed by atoms with Crippen molar-refractivity contribution < 1.29 is 28.6 Å². The number of hydrogen-bond acceptors (Lipinski definition) is 6. The Balaban J connectivity index is 4.33. The first-order chi connectivity index (χ1) is 25.4. The Hall–Kier alpha value is -1.59. The zero-order valence-electron chi connectivity index (χ0n) is 35.3. The van der Waals surface area contributed by atoms with Crippen LogP contribution in [0.15, 0.2) is 0 Å². The zero-order chi connectivity index (χ0) is 38.2. The van der Waals surface area contributed by atoms with E-state index in [2.05, 4.69) is 27.7 Å². The Morgan fingerprint density at radius 3 is 0.942 bits per heavy atom. The third-order valence-corrected chi connectivity index (χ3v) is 10.3. The predicted molar refractivity (Wildman–Crippen MR) is 220 cm³/mol. The summed E-state index contributed by atoms with van der Waals surface area (Å²) in [6.07, 6.45) is 39.4. The fourth-order valence-corrected chi connectivity index (χ4v) is 6.80. The first-order valence-corrected chi connectivity index (χ1v) is 22.9. The minimum atomic E-state index is -0.759. The molecule has 0 rings (SSSR count). The summed E-state index contributed by atoms with van der Waals surface area (Å²) in [6.45, 7) is 8.94. The molecule has 6 nitrogen and oxygen atoms in total. The summed E-state index contributed by atoms with van der Waals surface area (Å²) >= 11 is 0. The van der Waals surface area contributed by atoms with Gasteiger partial charge in [0, 0.05) is 19.3 Å². The van der Waals surface area contributed by atoms with Crippen LogP contribution in [-0.2, 0) is 28.6 Å². The van der Waals surface area contributed by atoms with Crippen LogP contribution in [0, 0.1) is 5.92 Å². The molecule has 0 N–H and O–H groups in total. The van der Waals surface area contributed by atoms with Crippen molar-refractivity contribution >= 4 is 17.9 Å². The van der Waals surface area contributed by atoms with E-state index in [1.54, 1.807) is 0 Å². The van der Waals surface area contributed by atoms with Crippen molar-refractivity contribution in [2.45, 2.75) is 259 Å². The van der Waals surface area contributed by atoms with Crippen molar-refractivity contribution in [2.24, 2.45) is 5.92 Å². The highest BCUT2D eigenvalue weighted by atomic mass is 16.6. The van der Waals surface area contributed by atoms with Gasteiger partial charge in [0.2, 0.25) is 0 Å². The average molecular weight is 737 g/mol. The van der Waals surface area contributed by atoms with Crippen LogP contribution in [0.25, 0.3) is 0 Å². The summed E-state index contributed by atoms with van der Waals surface area (Å²) in [5.41, 5.74) is 0. The maximum Gasteiger partial charge on any atom is 0.306 e. The molecule has 0 amide bonds. The minimum Gasteiger partial charge on any atom is -0.462 e. The lowest BCUT2D eigenvalue weighted by Crippen LogP contribution is -2.30. The summed E-state index contributed by atoms with van der Waals surface area (Å²) in [5.74, 6) is -0.0749. The minimum absolute atomic E-state index is 0.0642. The third-order valence-electron chi connectivity index (χ3n) is 10.3. The number of ether oxygens (including phenoxy) is 3. The standard InChI is InChI=1S/C46H88O6/c1-5-7-9-11-13-15-17-18-20-22-26-31-35-39-46(49)52-43(41-51-45(48)38-34-30-27-23-24-28-32-36-42(3)4)40-50-44(47)37-33-29-25-21-19-16-14-12-10-8-6-2/h42-43H,5-41H2,1-4H3/t43-/m1/s1. The number of unbranched alkanes of at least 4 members (excludes halogenated alkanes) is 28. The van der Waals surface area contributed by atoms with Crippen molar-refractivity contribution in [1.82, 2.24) is 0 Å². The van der Waals surface area contributed by atoms with Crippen LogP contribution < -0.4 is 0 Å². The number of esters is 3. The Morgan fingerprint density at radius 2 is 0.635 bits per heavy atom. The van der Waals surface area contributed by atoms with Crippen LogP contribution in [0.3, 0.4) is 0 Å². The summed E-state index contributed by atoms with van der Waals surface area (Å²) in [4.78, 5) is 37.7. The molecule has 0 saturated heterocycles. The summed E-state index contributed by atoms with van der Waals surface area (Å²) in [6, 6.07) is 0. The highest BCUT2D eigenvalue weighted by Gasteiger charge is 2.19. The molecule has 0 unspecified atom stereocenters. The van der Waals surface area contributed by atoms with E-state index in [9.17, 15) is 14.4 Å². The van der Waals surface area contributed by atoms with E-state index in [4.69, 9.17) is 14.2 Å². The second-order valence-electron chi connectivity index (χ2n) is 16.2. The third kappa shape index (κ3) is 39.6. The molecule has 0 bridgehead atoms. The molecule has 0 saturated carbocycles. The molecule has 0 aromatic heterocycles. The maximum atomic E-state index is 12.7. The first-order valence-electron chi connectivity index (χ1n) is 22.9. The summed E-state index contributed by atoms with van der Waals surface area (Å²) in [7, 11) is 0. The molecule has 52 heavy (non-hydrogen) atoms. The van der Waals surface area contributed by atoms with E-state index >= 15 is 0 Å². The van der Waals surface area contributed by atoms with Gasteiger partial charge in [-0.2, -0.15) is 0 Å². The number of carbonyl (C=O) groups excluding carboxylic acids is 3. The molecular weight excluding hydrogens is 648 g/mol. The van der Waals surface area contributed by atoms with Gasteiger partial charge in [-0.05, 0) is 25.2 Å². The molecule has 1 atom stereocenters.